The van der Waals surface area contributed by atoms with E-state index in [-0.39, 0.29) is 5.97 Å². The van der Waals surface area contributed by atoms with Crippen LogP contribution in [0.5, 0.6) is 0 Å². The maximum absolute atomic E-state index is 10.9. The van der Waals surface area contributed by atoms with Gasteiger partial charge in [0.25, 0.3) is 0 Å². The van der Waals surface area contributed by atoms with Crippen molar-refractivity contribution in [3.05, 3.63) is 12.2 Å². The van der Waals surface area contributed by atoms with Gasteiger partial charge in [-0.3, -0.25) is 0 Å². The molecule has 0 saturated carbocycles. The second-order valence-corrected chi connectivity index (χ2v) is 6.58. The fourth-order valence-corrected chi connectivity index (χ4v) is 2.77. The predicted octanol–water partition coefficient (Wildman–Crippen LogP) is 6.44. The van der Waals surface area contributed by atoms with Gasteiger partial charge in [-0.25, -0.2) is 4.79 Å². The highest BCUT2D eigenvalue weighted by atomic mass is 16.5. The van der Waals surface area contributed by atoms with Crippen molar-refractivity contribution in [3.63, 3.8) is 0 Å². The maximum atomic E-state index is 10.9. The third-order valence-corrected chi connectivity index (χ3v) is 4.32. The van der Waals surface area contributed by atoms with Gasteiger partial charge < -0.3 is 4.74 Å². The Balaban J connectivity index is 3.24. The van der Waals surface area contributed by atoms with Gasteiger partial charge in [-0.1, -0.05) is 90.6 Å². The Morgan fingerprint density at radius 3 is 2.05 bits per heavy atom. The van der Waals surface area contributed by atoms with Crippen molar-refractivity contribution in [1.29, 1.82) is 0 Å². The van der Waals surface area contributed by atoms with Crippen molar-refractivity contribution in [1.82, 2.24) is 0 Å². The number of rotatable bonds is 15. The van der Waals surface area contributed by atoms with Gasteiger partial charge >= 0.3 is 5.97 Å². The van der Waals surface area contributed by atoms with Gasteiger partial charge in [-0.2, -0.15) is 0 Å². The van der Waals surface area contributed by atoms with Crippen LogP contribution in [0.3, 0.4) is 0 Å². The lowest BCUT2D eigenvalue weighted by atomic mass is 9.96. The predicted molar refractivity (Wildman–Crippen MR) is 96.0 cm³/mol. The van der Waals surface area contributed by atoms with Crippen molar-refractivity contribution in [2.45, 2.75) is 97.3 Å². The summed E-state index contributed by atoms with van der Waals surface area (Å²) in [5.41, 5.74) is 0. The highest BCUT2D eigenvalue weighted by Gasteiger charge is 2.01. The summed E-state index contributed by atoms with van der Waals surface area (Å²) < 4.78 is 4.55. The molecule has 0 aliphatic carbocycles. The smallest absolute Gasteiger partial charge is 0.330 e. The van der Waals surface area contributed by atoms with E-state index < -0.39 is 0 Å². The Morgan fingerprint density at radius 1 is 0.909 bits per heavy atom. The summed E-state index contributed by atoms with van der Waals surface area (Å²) in [6.45, 7) is 4.69. The lowest BCUT2D eigenvalue weighted by molar-refractivity contribution is -0.134. The van der Waals surface area contributed by atoms with E-state index in [1.165, 1.54) is 90.2 Å². The van der Waals surface area contributed by atoms with Crippen molar-refractivity contribution in [2.75, 3.05) is 7.11 Å². The lowest BCUT2D eigenvalue weighted by Crippen LogP contribution is -1.95. The van der Waals surface area contributed by atoms with E-state index in [4.69, 9.17) is 0 Å². The summed E-state index contributed by atoms with van der Waals surface area (Å²) >= 11 is 0. The number of ether oxygens (including phenoxy) is 1. The number of methoxy groups -OCH3 is 1. The summed E-state index contributed by atoms with van der Waals surface area (Å²) in [7, 11) is 1.42. The zero-order valence-electron chi connectivity index (χ0n) is 15.2. The van der Waals surface area contributed by atoms with E-state index in [0.717, 1.165) is 12.3 Å². The molecule has 0 spiro atoms. The summed E-state index contributed by atoms with van der Waals surface area (Å²) in [4.78, 5) is 10.9. The summed E-state index contributed by atoms with van der Waals surface area (Å²) in [5, 5.41) is 0. The fourth-order valence-electron chi connectivity index (χ4n) is 2.77. The van der Waals surface area contributed by atoms with Crippen molar-refractivity contribution >= 4 is 5.97 Å². The largest absolute Gasteiger partial charge is 0.466 e. The first-order valence-corrected chi connectivity index (χ1v) is 9.45. The van der Waals surface area contributed by atoms with Crippen LogP contribution in [0.1, 0.15) is 97.3 Å². The Kier molecular flexibility index (Phi) is 16.0. The van der Waals surface area contributed by atoms with Crippen LogP contribution in [0.25, 0.3) is 0 Å². The molecule has 0 bridgehead atoms. The fraction of sp³-hybridized carbons (Fsp3) is 0.850. The third-order valence-electron chi connectivity index (χ3n) is 4.32. The molecular formula is C20H38O2. The van der Waals surface area contributed by atoms with E-state index in [1.54, 1.807) is 0 Å². The van der Waals surface area contributed by atoms with Crippen molar-refractivity contribution in [2.24, 2.45) is 5.92 Å². The molecule has 0 aliphatic rings. The molecule has 0 rings (SSSR count). The number of hydrogen-bond donors (Lipinski definition) is 0. The van der Waals surface area contributed by atoms with Crippen LogP contribution in [0.2, 0.25) is 0 Å². The number of carbonyl (C=O) groups is 1. The first-order valence-electron chi connectivity index (χ1n) is 9.45. The van der Waals surface area contributed by atoms with Crippen molar-refractivity contribution in [3.8, 4) is 0 Å². The average Bonchev–Trinajstić information content (AvgIpc) is 2.52. The number of esters is 1. The van der Waals surface area contributed by atoms with Gasteiger partial charge in [-0.15, -0.1) is 0 Å². The Morgan fingerprint density at radius 2 is 1.45 bits per heavy atom. The minimum absolute atomic E-state index is 0.247. The Labute approximate surface area is 138 Å². The second kappa shape index (κ2) is 16.6. The molecule has 0 aliphatic heterocycles. The highest BCUT2D eigenvalue weighted by molar-refractivity contribution is 5.81. The van der Waals surface area contributed by atoms with Gasteiger partial charge in [0.2, 0.25) is 0 Å². The van der Waals surface area contributed by atoms with Gasteiger partial charge in [0.15, 0.2) is 0 Å². The summed E-state index contributed by atoms with van der Waals surface area (Å²) in [6, 6.07) is 0. The molecule has 22 heavy (non-hydrogen) atoms. The molecule has 0 saturated heterocycles. The zero-order chi connectivity index (χ0) is 16.5. The molecule has 1 unspecified atom stereocenters. The molecular weight excluding hydrogens is 272 g/mol. The molecule has 2 nitrogen and oxygen atoms in total. The van der Waals surface area contributed by atoms with Gasteiger partial charge in [0.05, 0.1) is 7.11 Å². The standard InChI is InChI=1S/C20H38O2/c1-4-5-6-10-13-16-19(2)17-14-11-8-7-9-12-15-18-20(21)22-3/h15,18-19H,4-14,16-17H2,1-3H3. The number of unbranched alkanes of at least 4 members (excludes halogenated alkanes) is 9. The highest BCUT2D eigenvalue weighted by Crippen LogP contribution is 2.18. The lowest BCUT2D eigenvalue weighted by Gasteiger charge is -2.10. The van der Waals surface area contributed by atoms with Gasteiger partial charge in [0, 0.05) is 6.08 Å². The number of allylic oxidation sites excluding steroid dienone is 1. The number of hydrogen-bond acceptors (Lipinski definition) is 2. The van der Waals surface area contributed by atoms with Crippen LogP contribution >= 0.6 is 0 Å². The molecule has 0 radical (unpaired) electrons. The molecule has 2 heteroatoms. The molecule has 0 aromatic rings. The van der Waals surface area contributed by atoms with Crippen LogP contribution in [-0.2, 0) is 9.53 Å². The van der Waals surface area contributed by atoms with Crippen LogP contribution < -0.4 is 0 Å². The molecule has 0 fully saturated rings. The summed E-state index contributed by atoms with van der Waals surface area (Å²) in [5.74, 6) is 0.660. The Bertz CT molecular complexity index is 271. The van der Waals surface area contributed by atoms with E-state index in [9.17, 15) is 4.79 Å². The van der Waals surface area contributed by atoms with Crippen molar-refractivity contribution < 1.29 is 9.53 Å². The molecule has 0 aromatic heterocycles. The Hall–Kier alpha value is -0.790. The monoisotopic (exact) mass is 310 g/mol. The minimum atomic E-state index is -0.247. The van der Waals surface area contributed by atoms with E-state index in [2.05, 4.69) is 18.6 Å². The molecule has 0 heterocycles. The topological polar surface area (TPSA) is 26.3 Å². The van der Waals surface area contributed by atoms with E-state index >= 15 is 0 Å². The van der Waals surface area contributed by atoms with Gasteiger partial charge in [-0.05, 0) is 18.8 Å². The number of carbonyl (C=O) groups excluding carboxylic acids is 1. The quantitative estimate of drug-likeness (QED) is 0.197. The molecule has 130 valence electrons. The molecule has 1 atom stereocenters. The van der Waals surface area contributed by atoms with Crippen LogP contribution in [0.4, 0.5) is 0 Å². The van der Waals surface area contributed by atoms with Gasteiger partial charge in [0.1, 0.15) is 0 Å². The van der Waals surface area contributed by atoms with Crippen LogP contribution in [0.15, 0.2) is 12.2 Å². The third kappa shape index (κ3) is 15.6. The minimum Gasteiger partial charge on any atom is -0.466 e. The normalized spacial score (nSPS) is 12.7. The second-order valence-electron chi connectivity index (χ2n) is 6.58. The van der Waals surface area contributed by atoms with E-state index in [0.29, 0.717) is 0 Å². The maximum Gasteiger partial charge on any atom is 0.330 e. The molecule has 0 amide bonds. The first kappa shape index (κ1) is 21.2. The van der Waals surface area contributed by atoms with E-state index in [1.807, 2.05) is 6.08 Å². The average molecular weight is 311 g/mol. The molecule has 0 aromatic carbocycles. The molecule has 0 N–H and O–H groups in total. The SMILES string of the molecule is CCCCCCCC(C)CCCCCCCC=CC(=O)OC. The van der Waals surface area contributed by atoms with Crippen LogP contribution in [-0.4, -0.2) is 13.1 Å². The summed E-state index contributed by atoms with van der Waals surface area (Å²) in [6.07, 6.45) is 20.8. The first-order chi connectivity index (χ1) is 10.7. The zero-order valence-corrected chi connectivity index (χ0v) is 15.2. The van der Waals surface area contributed by atoms with Crippen LogP contribution in [0, 0.1) is 5.92 Å².